The van der Waals surface area contributed by atoms with Crippen molar-refractivity contribution in [2.24, 2.45) is 0 Å². The summed E-state index contributed by atoms with van der Waals surface area (Å²) in [7, 11) is 0. The smallest absolute Gasteiger partial charge is 0.262 e. The van der Waals surface area contributed by atoms with Gasteiger partial charge in [-0.3, -0.25) is 4.79 Å². The molecule has 1 amide bonds. The number of amides is 1. The van der Waals surface area contributed by atoms with Crippen molar-refractivity contribution >= 4 is 17.3 Å². The Morgan fingerprint density at radius 2 is 1.62 bits per heavy atom. The fourth-order valence-electron chi connectivity index (χ4n) is 1.85. The van der Waals surface area contributed by atoms with E-state index in [1.165, 1.54) is 0 Å². The molecular formula is C17H20N2O2. The van der Waals surface area contributed by atoms with Crippen LogP contribution in [0.2, 0.25) is 0 Å². The molecule has 0 fully saturated rings. The monoisotopic (exact) mass is 284 g/mol. The van der Waals surface area contributed by atoms with Crippen molar-refractivity contribution in [1.82, 2.24) is 0 Å². The van der Waals surface area contributed by atoms with Crippen LogP contribution in [-0.2, 0) is 4.79 Å². The van der Waals surface area contributed by atoms with E-state index in [1.807, 2.05) is 54.6 Å². The summed E-state index contributed by atoms with van der Waals surface area (Å²) < 4.78 is 5.39. The summed E-state index contributed by atoms with van der Waals surface area (Å²) in [4.78, 5) is 11.8. The maximum absolute atomic E-state index is 11.8. The minimum absolute atomic E-state index is 0.00396. The van der Waals surface area contributed by atoms with Crippen LogP contribution < -0.4 is 15.4 Å². The summed E-state index contributed by atoms with van der Waals surface area (Å²) in [5.74, 6) is 0.507. The molecule has 2 aromatic rings. The fraction of sp³-hybridized carbons (Fsp3) is 0.235. The molecule has 4 heteroatoms. The standard InChI is InChI=1S/C17H20N2O2/c1-13(2)18-14-8-10-15(11-9-14)19-17(20)12-21-16-6-4-3-5-7-16/h3-11,13,18H,12H2,1-2H3,(H,19,20). The first-order chi connectivity index (χ1) is 10.1. The van der Waals surface area contributed by atoms with Crippen molar-refractivity contribution in [2.45, 2.75) is 19.9 Å². The molecule has 0 atom stereocenters. The highest BCUT2D eigenvalue weighted by Gasteiger charge is 2.04. The van der Waals surface area contributed by atoms with Crippen molar-refractivity contribution in [3.8, 4) is 5.75 Å². The molecule has 0 aromatic heterocycles. The number of hydrogen-bond acceptors (Lipinski definition) is 3. The summed E-state index contributed by atoms with van der Waals surface area (Å²) in [5, 5.41) is 6.10. The number of carbonyl (C=O) groups is 1. The lowest BCUT2D eigenvalue weighted by molar-refractivity contribution is -0.118. The van der Waals surface area contributed by atoms with Gasteiger partial charge in [-0.15, -0.1) is 0 Å². The molecule has 110 valence electrons. The van der Waals surface area contributed by atoms with E-state index in [0.29, 0.717) is 11.8 Å². The summed E-state index contributed by atoms with van der Waals surface area (Å²) >= 11 is 0. The van der Waals surface area contributed by atoms with Crippen LogP contribution in [0.15, 0.2) is 54.6 Å². The van der Waals surface area contributed by atoms with Gasteiger partial charge in [0.2, 0.25) is 0 Å². The van der Waals surface area contributed by atoms with Crippen molar-refractivity contribution < 1.29 is 9.53 Å². The maximum Gasteiger partial charge on any atom is 0.262 e. The minimum atomic E-state index is -0.177. The van der Waals surface area contributed by atoms with Gasteiger partial charge in [-0.25, -0.2) is 0 Å². The third-order valence-electron chi connectivity index (χ3n) is 2.74. The van der Waals surface area contributed by atoms with Crippen LogP contribution in [0.25, 0.3) is 0 Å². The highest BCUT2D eigenvalue weighted by molar-refractivity contribution is 5.92. The Morgan fingerprint density at radius 1 is 1.00 bits per heavy atom. The third kappa shape index (κ3) is 5.18. The number of nitrogens with one attached hydrogen (secondary N) is 2. The lowest BCUT2D eigenvalue weighted by Crippen LogP contribution is -2.20. The van der Waals surface area contributed by atoms with Crippen molar-refractivity contribution in [3.63, 3.8) is 0 Å². The first-order valence-electron chi connectivity index (χ1n) is 6.98. The summed E-state index contributed by atoms with van der Waals surface area (Å²) in [6.45, 7) is 4.16. The van der Waals surface area contributed by atoms with Gasteiger partial charge in [0, 0.05) is 17.4 Å². The molecule has 0 aliphatic carbocycles. The highest BCUT2D eigenvalue weighted by Crippen LogP contribution is 2.14. The predicted molar refractivity (Wildman–Crippen MR) is 85.8 cm³/mol. The number of ether oxygens (including phenoxy) is 1. The predicted octanol–water partition coefficient (Wildman–Crippen LogP) is 3.52. The van der Waals surface area contributed by atoms with E-state index in [-0.39, 0.29) is 12.5 Å². The molecule has 0 bridgehead atoms. The molecule has 0 saturated heterocycles. The highest BCUT2D eigenvalue weighted by atomic mass is 16.5. The minimum Gasteiger partial charge on any atom is -0.484 e. The Labute approximate surface area is 125 Å². The average molecular weight is 284 g/mol. The normalized spacial score (nSPS) is 10.2. The van der Waals surface area contributed by atoms with Crippen LogP contribution in [-0.4, -0.2) is 18.6 Å². The van der Waals surface area contributed by atoms with Gasteiger partial charge in [-0.05, 0) is 50.2 Å². The Morgan fingerprint density at radius 3 is 2.24 bits per heavy atom. The molecule has 0 radical (unpaired) electrons. The summed E-state index contributed by atoms with van der Waals surface area (Å²) in [5.41, 5.74) is 1.79. The molecule has 0 aliphatic heterocycles. The number of anilines is 2. The summed E-state index contributed by atoms with van der Waals surface area (Å²) in [6, 6.07) is 17.3. The van der Waals surface area contributed by atoms with Crippen LogP contribution in [0, 0.1) is 0 Å². The van der Waals surface area contributed by atoms with Crippen LogP contribution >= 0.6 is 0 Å². The van der Waals surface area contributed by atoms with Gasteiger partial charge >= 0.3 is 0 Å². The van der Waals surface area contributed by atoms with Gasteiger partial charge in [-0.1, -0.05) is 18.2 Å². The van der Waals surface area contributed by atoms with Crippen molar-refractivity contribution in [3.05, 3.63) is 54.6 Å². The SMILES string of the molecule is CC(C)Nc1ccc(NC(=O)COc2ccccc2)cc1. The Kier molecular flexibility index (Phi) is 5.21. The Hall–Kier alpha value is -2.49. The van der Waals surface area contributed by atoms with E-state index in [2.05, 4.69) is 24.5 Å². The maximum atomic E-state index is 11.8. The van der Waals surface area contributed by atoms with Gasteiger partial charge in [0.25, 0.3) is 5.91 Å². The molecule has 0 unspecified atom stereocenters. The Bertz CT molecular complexity index is 565. The Balaban J connectivity index is 1.82. The second-order valence-corrected chi connectivity index (χ2v) is 5.03. The molecule has 2 N–H and O–H groups in total. The van der Waals surface area contributed by atoms with Crippen molar-refractivity contribution in [1.29, 1.82) is 0 Å². The third-order valence-corrected chi connectivity index (χ3v) is 2.74. The van der Waals surface area contributed by atoms with Crippen molar-refractivity contribution in [2.75, 3.05) is 17.2 Å². The number of para-hydroxylation sites is 1. The molecule has 2 aromatic carbocycles. The largest absolute Gasteiger partial charge is 0.484 e. The second kappa shape index (κ2) is 7.33. The van der Waals surface area contributed by atoms with E-state index in [1.54, 1.807) is 0 Å². The van der Waals surface area contributed by atoms with E-state index in [4.69, 9.17) is 4.74 Å². The van der Waals surface area contributed by atoms with E-state index in [9.17, 15) is 4.79 Å². The van der Waals surface area contributed by atoms with Gasteiger partial charge in [-0.2, -0.15) is 0 Å². The molecule has 2 rings (SSSR count). The van der Waals surface area contributed by atoms with Crippen LogP contribution in [0.4, 0.5) is 11.4 Å². The van der Waals surface area contributed by atoms with Crippen LogP contribution in [0.1, 0.15) is 13.8 Å². The molecule has 0 saturated carbocycles. The first kappa shape index (κ1) is 14.9. The molecule has 0 aliphatic rings. The topological polar surface area (TPSA) is 50.4 Å². The van der Waals surface area contributed by atoms with E-state index >= 15 is 0 Å². The molecular weight excluding hydrogens is 264 g/mol. The number of benzene rings is 2. The number of hydrogen-bond donors (Lipinski definition) is 2. The zero-order chi connectivity index (χ0) is 15.1. The van der Waals surface area contributed by atoms with E-state index in [0.717, 1.165) is 11.4 Å². The quantitative estimate of drug-likeness (QED) is 0.853. The molecule has 4 nitrogen and oxygen atoms in total. The zero-order valence-electron chi connectivity index (χ0n) is 12.3. The molecule has 0 spiro atoms. The van der Waals surface area contributed by atoms with Crippen LogP contribution in [0.5, 0.6) is 5.75 Å². The lowest BCUT2D eigenvalue weighted by Gasteiger charge is -2.11. The number of carbonyl (C=O) groups excluding carboxylic acids is 1. The number of rotatable bonds is 6. The molecule has 0 heterocycles. The van der Waals surface area contributed by atoms with Gasteiger partial charge in [0.05, 0.1) is 0 Å². The lowest BCUT2D eigenvalue weighted by atomic mass is 10.2. The molecule has 21 heavy (non-hydrogen) atoms. The summed E-state index contributed by atoms with van der Waals surface area (Å²) in [6.07, 6.45) is 0. The van der Waals surface area contributed by atoms with Crippen LogP contribution in [0.3, 0.4) is 0 Å². The second-order valence-electron chi connectivity index (χ2n) is 5.03. The average Bonchev–Trinajstić information content (AvgIpc) is 2.48. The fourth-order valence-corrected chi connectivity index (χ4v) is 1.85. The van der Waals surface area contributed by atoms with E-state index < -0.39 is 0 Å². The van der Waals surface area contributed by atoms with Gasteiger partial charge < -0.3 is 15.4 Å². The van der Waals surface area contributed by atoms with Gasteiger partial charge in [0.1, 0.15) is 5.75 Å². The zero-order valence-corrected chi connectivity index (χ0v) is 12.3. The first-order valence-corrected chi connectivity index (χ1v) is 6.98. The van der Waals surface area contributed by atoms with Gasteiger partial charge in [0.15, 0.2) is 6.61 Å².